The molecule has 0 aliphatic carbocycles. The molecule has 0 spiro atoms. The highest BCUT2D eigenvalue weighted by atomic mass is 32.1. The number of anilines is 1. The topological polar surface area (TPSA) is 79.4 Å². The van der Waals surface area contributed by atoms with Crippen molar-refractivity contribution in [2.24, 2.45) is 0 Å². The molecule has 0 unspecified atom stereocenters. The van der Waals surface area contributed by atoms with Gasteiger partial charge in [-0.1, -0.05) is 13.3 Å². The summed E-state index contributed by atoms with van der Waals surface area (Å²) in [7, 11) is 0. The lowest BCUT2D eigenvalue weighted by atomic mass is 10.1. The molecule has 2 aromatic carbocycles. The second kappa shape index (κ2) is 7.97. The van der Waals surface area contributed by atoms with Gasteiger partial charge in [0.05, 0.1) is 11.1 Å². The quantitative estimate of drug-likeness (QED) is 0.614. The number of fused-ring (bicyclic) bond motifs is 1. The number of aromatic nitrogens is 1. The monoisotopic (exact) mass is 405 g/mol. The lowest BCUT2D eigenvalue weighted by Crippen LogP contribution is -2.30. The van der Waals surface area contributed by atoms with Gasteiger partial charge in [0, 0.05) is 34.9 Å². The standard InChI is InChI=1S/C22H19N3O3S/c1-2-3-11-25-21(27)17-9-6-15(13-18(17)22(25)28)19(26)24-16-7-4-14(5-8-16)20-23-10-12-29-20/h4-10,12-13H,2-3,11H2,1H3,(H,24,26). The summed E-state index contributed by atoms with van der Waals surface area (Å²) in [6.45, 7) is 2.40. The molecule has 0 bridgehead atoms. The van der Waals surface area contributed by atoms with E-state index in [1.54, 1.807) is 29.7 Å². The number of carbonyl (C=O) groups is 3. The molecule has 1 aliphatic heterocycles. The molecule has 0 fully saturated rings. The van der Waals surface area contributed by atoms with Crippen molar-refractivity contribution in [3.05, 3.63) is 70.7 Å². The van der Waals surface area contributed by atoms with Gasteiger partial charge in [-0.05, 0) is 48.9 Å². The van der Waals surface area contributed by atoms with E-state index >= 15 is 0 Å². The minimum absolute atomic E-state index is 0.289. The van der Waals surface area contributed by atoms with Crippen LogP contribution in [0.4, 0.5) is 5.69 Å². The zero-order chi connectivity index (χ0) is 20.4. The Morgan fingerprint density at radius 1 is 1.07 bits per heavy atom. The molecular formula is C22H19N3O3S. The van der Waals surface area contributed by atoms with Crippen LogP contribution in [0.5, 0.6) is 0 Å². The smallest absolute Gasteiger partial charge is 0.261 e. The fraction of sp³-hybridized carbons (Fsp3) is 0.182. The van der Waals surface area contributed by atoms with Gasteiger partial charge in [-0.15, -0.1) is 11.3 Å². The minimum Gasteiger partial charge on any atom is -0.322 e. The van der Waals surface area contributed by atoms with Gasteiger partial charge in [-0.2, -0.15) is 0 Å². The third kappa shape index (κ3) is 3.69. The molecule has 2 heterocycles. The SMILES string of the molecule is CCCCN1C(=O)c2ccc(C(=O)Nc3ccc(-c4nccs4)cc3)cc2C1=O. The molecule has 29 heavy (non-hydrogen) atoms. The number of benzene rings is 2. The normalized spacial score (nSPS) is 12.9. The maximum atomic E-state index is 12.6. The number of nitrogens with zero attached hydrogens (tertiary/aromatic N) is 2. The Kier molecular flexibility index (Phi) is 5.22. The van der Waals surface area contributed by atoms with Gasteiger partial charge < -0.3 is 5.32 Å². The van der Waals surface area contributed by atoms with Crippen molar-refractivity contribution in [2.45, 2.75) is 19.8 Å². The van der Waals surface area contributed by atoms with Gasteiger partial charge >= 0.3 is 0 Å². The first-order valence-electron chi connectivity index (χ1n) is 9.40. The van der Waals surface area contributed by atoms with Crippen molar-refractivity contribution in [1.29, 1.82) is 0 Å². The lowest BCUT2D eigenvalue weighted by molar-refractivity contribution is 0.0652. The highest BCUT2D eigenvalue weighted by Crippen LogP contribution is 2.26. The Labute approximate surface area is 172 Å². The molecule has 1 aromatic heterocycles. The van der Waals surface area contributed by atoms with E-state index in [0.717, 1.165) is 23.4 Å². The van der Waals surface area contributed by atoms with Crippen LogP contribution in [0.1, 0.15) is 50.8 Å². The fourth-order valence-corrected chi connectivity index (χ4v) is 3.86. The molecule has 1 N–H and O–H groups in total. The molecule has 4 rings (SSSR count). The first kappa shape index (κ1) is 19.0. The van der Waals surface area contributed by atoms with Crippen molar-refractivity contribution in [3.8, 4) is 10.6 Å². The van der Waals surface area contributed by atoms with Gasteiger partial charge in [0.1, 0.15) is 5.01 Å². The van der Waals surface area contributed by atoms with Crippen LogP contribution in [0, 0.1) is 0 Å². The molecular weight excluding hydrogens is 386 g/mol. The number of amides is 3. The van der Waals surface area contributed by atoms with E-state index in [1.165, 1.54) is 11.0 Å². The van der Waals surface area contributed by atoms with Crippen molar-refractivity contribution >= 4 is 34.7 Å². The Bertz CT molecular complexity index is 1080. The molecule has 0 saturated carbocycles. The Hall–Kier alpha value is -3.32. The van der Waals surface area contributed by atoms with Gasteiger partial charge in [-0.25, -0.2) is 4.98 Å². The summed E-state index contributed by atoms with van der Waals surface area (Å²) >= 11 is 1.55. The predicted molar refractivity (Wildman–Crippen MR) is 112 cm³/mol. The number of nitrogens with one attached hydrogen (secondary N) is 1. The first-order chi connectivity index (χ1) is 14.1. The second-order valence-electron chi connectivity index (χ2n) is 6.74. The summed E-state index contributed by atoms with van der Waals surface area (Å²) in [6, 6.07) is 12.0. The average molecular weight is 405 g/mol. The van der Waals surface area contributed by atoms with Gasteiger partial charge in [0.15, 0.2) is 0 Å². The summed E-state index contributed by atoms with van der Waals surface area (Å²) in [5, 5.41) is 5.65. The number of rotatable bonds is 6. The van der Waals surface area contributed by atoms with Crippen LogP contribution in [0.2, 0.25) is 0 Å². The second-order valence-corrected chi connectivity index (χ2v) is 7.64. The van der Waals surface area contributed by atoms with Crippen molar-refractivity contribution in [3.63, 3.8) is 0 Å². The number of thiazole rings is 1. The highest BCUT2D eigenvalue weighted by Gasteiger charge is 2.35. The van der Waals surface area contributed by atoms with E-state index < -0.39 is 0 Å². The van der Waals surface area contributed by atoms with E-state index in [-0.39, 0.29) is 23.3 Å². The molecule has 1 aliphatic rings. The third-order valence-electron chi connectivity index (χ3n) is 4.79. The van der Waals surface area contributed by atoms with Crippen LogP contribution in [0.25, 0.3) is 10.6 Å². The molecule has 0 radical (unpaired) electrons. The largest absolute Gasteiger partial charge is 0.322 e. The van der Waals surface area contributed by atoms with Crippen LogP contribution in [0.3, 0.4) is 0 Å². The zero-order valence-corrected chi connectivity index (χ0v) is 16.7. The van der Waals surface area contributed by atoms with Crippen LogP contribution >= 0.6 is 11.3 Å². The zero-order valence-electron chi connectivity index (χ0n) is 15.8. The summed E-state index contributed by atoms with van der Waals surface area (Å²) in [4.78, 5) is 43.1. The van der Waals surface area contributed by atoms with Crippen LogP contribution in [0.15, 0.2) is 54.0 Å². The summed E-state index contributed by atoms with van der Waals surface area (Å²) in [5.41, 5.74) is 2.61. The molecule has 7 heteroatoms. The van der Waals surface area contributed by atoms with Crippen molar-refractivity contribution < 1.29 is 14.4 Å². The number of hydrogen-bond acceptors (Lipinski definition) is 5. The van der Waals surface area contributed by atoms with Gasteiger partial charge in [-0.3, -0.25) is 19.3 Å². The predicted octanol–water partition coefficient (Wildman–Crippen LogP) is 4.46. The number of hydrogen-bond donors (Lipinski definition) is 1. The van der Waals surface area contributed by atoms with Crippen molar-refractivity contribution in [1.82, 2.24) is 9.88 Å². The third-order valence-corrected chi connectivity index (χ3v) is 5.61. The Morgan fingerprint density at radius 3 is 2.52 bits per heavy atom. The summed E-state index contributed by atoms with van der Waals surface area (Å²) in [6.07, 6.45) is 3.40. The maximum absolute atomic E-state index is 12.6. The average Bonchev–Trinajstić information content (AvgIpc) is 3.35. The van der Waals surface area contributed by atoms with Crippen LogP contribution < -0.4 is 5.32 Å². The molecule has 3 aromatic rings. The molecule has 6 nitrogen and oxygen atoms in total. The summed E-state index contributed by atoms with van der Waals surface area (Å²) in [5.74, 6) is -0.953. The Morgan fingerprint density at radius 2 is 1.83 bits per heavy atom. The summed E-state index contributed by atoms with van der Waals surface area (Å²) < 4.78 is 0. The van der Waals surface area contributed by atoms with E-state index in [0.29, 0.717) is 23.4 Å². The molecule has 3 amide bonds. The first-order valence-corrected chi connectivity index (χ1v) is 10.3. The van der Waals surface area contributed by atoms with Crippen LogP contribution in [-0.4, -0.2) is 34.2 Å². The van der Waals surface area contributed by atoms with Crippen LogP contribution in [-0.2, 0) is 0 Å². The van der Waals surface area contributed by atoms with E-state index in [1.807, 2.05) is 36.6 Å². The van der Waals surface area contributed by atoms with E-state index in [4.69, 9.17) is 0 Å². The number of carbonyl (C=O) groups excluding carboxylic acids is 3. The minimum atomic E-state index is -0.332. The Balaban J connectivity index is 1.50. The van der Waals surface area contributed by atoms with Crippen molar-refractivity contribution in [2.75, 3.05) is 11.9 Å². The number of imide groups is 1. The molecule has 0 atom stereocenters. The lowest BCUT2D eigenvalue weighted by Gasteiger charge is -2.12. The van der Waals surface area contributed by atoms with E-state index in [2.05, 4.69) is 10.3 Å². The fourth-order valence-electron chi connectivity index (χ4n) is 3.22. The highest BCUT2D eigenvalue weighted by molar-refractivity contribution is 7.13. The van der Waals surface area contributed by atoms with E-state index in [9.17, 15) is 14.4 Å². The van der Waals surface area contributed by atoms with Gasteiger partial charge in [0.2, 0.25) is 0 Å². The number of unbranched alkanes of at least 4 members (excludes halogenated alkanes) is 1. The maximum Gasteiger partial charge on any atom is 0.261 e. The van der Waals surface area contributed by atoms with Gasteiger partial charge in [0.25, 0.3) is 17.7 Å². The molecule has 0 saturated heterocycles. The molecule has 146 valence electrons.